The van der Waals surface area contributed by atoms with E-state index in [1.165, 1.54) is 49.1 Å². The highest BCUT2D eigenvalue weighted by molar-refractivity contribution is 7.98. The molecule has 4 heteroatoms. The van der Waals surface area contributed by atoms with E-state index in [-0.39, 0.29) is 0 Å². The molecule has 23 heavy (non-hydrogen) atoms. The molecule has 1 aliphatic carbocycles. The number of rotatable bonds is 6. The van der Waals surface area contributed by atoms with Crippen LogP contribution in [0, 0.1) is 12.8 Å². The third-order valence-corrected chi connectivity index (χ3v) is 5.83. The van der Waals surface area contributed by atoms with Gasteiger partial charge in [-0.05, 0) is 25.3 Å². The molecule has 0 N–H and O–H groups in total. The van der Waals surface area contributed by atoms with E-state index in [1.54, 1.807) is 11.8 Å². The summed E-state index contributed by atoms with van der Waals surface area (Å²) in [6, 6.07) is 8.76. The number of aromatic nitrogens is 3. The zero-order chi connectivity index (χ0) is 16.1. The van der Waals surface area contributed by atoms with Gasteiger partial charge in [0.1, 0.15) is 5.82 Å². The molecule has 1 saturated carbocycles. The zero-order valence-electron chi connectivity index (χ0n) is 14.3. The number of hydrogen-bond acceptors (Lipinski definition) is 3. The van der Waals surface area contributed by atoms with Crippen LogP contribution < -0.4 is 0 Å². The first-order valence-electron chi connectivity index (χ1n) is 8.86. The minimum Gasteiger partial charge on any atom is -0.306 e. The molecular weight excluding hydrogens is 302 g/mol. The molecule has 3 nitrogen and oxygen atoms in total. The second-order valence-corrected chi connectivity index (χ2v) is 7.57. The Bertz CT molecular complexity index is 612. The molecule has 0 radical (unpaired) electrons. The van der Waals surface area contributed by atoms with Gasteiger partial charge in [0.15, 0.2) is 5.16 Å². The average Bonchev–Trinajstić information content (AvgIpc) is 2.97. The summed E-state index contributed by atoms with van der Waals surface area (Å²) >= 11 is 1.80. The van der Waals surface area contributed by atoms with Gasteiger partial charge >= 0.3 is 0 Å². The van der Waals surface area contributed by atoms with Crippen molar-refractivity contribution < 1.29 is 0 Å². The Labute approximate surface area is 143 Å². The molecule has 0 aliphatic heterocycles. The Balaban J connectivity index is 1.64. The fourth-order valence-electron chi connectivity index (χ4n) is 3.38. The third kappa shape index (κ3) is 4.37. The van der Waals surface area contributed by atoms with E-state index in [0.29, 0.717) is 0 Å². The monoisotopic (exact) mass is 329 g/mol. The molecule has 0 atom stereocenters. The van der Waals surface area contributed by atoms with Crippen LogP contribution in [0.1, 0.15) is 56.0 Å². The predicted molar refractivity (Wildman–Crippen MR) is 96.7 cm³/mol. The summed E-state index contributed by atoms with van der Waals surface area (Å²) in [5, 5.41) is 10.0. The molecule has 2 aromatic rings. The van der Waals surface area contributed by atoms with Crippen LogP contribution in [-0.4, -0.2) is 14.8 Å². The molecule has 0 spiro atoms. The zero-order valence-corrected chi connectivity index (χ0v) is 15.1. The van der Waals surface area contributed by atoms with Gasteiger partial charge in [0.05, 0.1) is 0 Å². The van der Waals surface area contributed by atoms with Crippen molar-refractivity contribution in [1.29, 1.82) is 0 Å². The Hall–Kier alpha value is -1.29. The molecule has 0 saturated heterocycles. The number of hydrogen-bond donors (Lipinski definition) is 0. The van der Waals surface area contributed by atoms with Crippen LogP contribution in [0.15, 0.2) is 29.4 Å². The van der Waals surface area contributed by atoms with E-state index < -0.39 is 0 Å². The lowest BCUT2D eigenvalue weighted by atomic mass is 9.87. The lowest BCUT2D eigenvalue weighted by Gasteiger charge is -2.21. The summed E-state index contributed by atoms with van der Waals surface area (Å²) in [5.74, 6) is 2.96. The van der Waals surface area contributed by atoms with Gasteiger partial charge in [0.2, 0.25) is 0 Å². The van der Waals surface area contributed by atoms with Crippen LogP contribution in [-0.2, 0) is 18.7 Å². The van der Waals surface area contributed by atoms with Crippen molar-refractivity contribution in [2.45, 2.75) is 69.8 Å². The highest BCUT2D eigenvalue weighted by atomic mass is 32.2. The molecule has 0 amide bonds. The maximum Gasteiger partial charge on any atom is 0.191 e. The maximum absolute atomic E-state index is 4.50. The van der Waals surface area contributed by atoms with Crippen molar-refractivity contribution in [2.24, 2.45) is 5.92 Å². The molecule has 124 valence electrons. The summed E-state index contributed by atoms with van der Waals surface area (Å²) in [4.78, 5) is 0. The van der Waals surface area contributed by atoms with Crippen molar-refractivity contribution in [2.75, 3.05) is 0 Å². The maximum atomic E-state index is 4.50. The summed E-state index contributed by atoms with van der Waals surface area (Å²) < 4.78 is 2.31. The smallest absolute Gasteiger partial charge is 0.191 e. The molecule has 1 fully saturated rings. The second kappa shape index (κ2) is 8.00. The van der Waals surface area contributed by atoms with Crippen molar-refractivity contribution in [3.05, 3.63) is 41.2 Å². The first-order valence-corrected chi connectivity index (χ1v) is 9.85. The summed E-state index contributed by atoms with van der Waals surface area (Å²) in [6.07, 6.45) is 8.02. The second-order valence-electron chi connectivity index (χ2n) is 6.63. The number of thioether (sulfide) groups is 1. The predicted octanol–water partition coefficient (Wildman–Crippen LogP) is 5.02. The first kappa shape index (κ1) is 16.6. The Morgan fingerprint density at radius 2 is 1.83 bits per heavy atom. The van der Waals surface area contributed by atoms with Crippen LogP contribution in [0.3, 0.4) is 0 Å². The van der Waals surface area contributed by atoms with E-state index >= 15 is 0 Å². The Kier molecular flexibility index (Phi) is 5.76. The Morgan fingerprint density at radius 3 is 2.52 bits per heavy atom. The SMILES string of the molecule is CCn1c(CC2CCCCC2)nnc1SCc1ccc(C)cc1. The standard InChI is InChI=1S/C19H27N3S/c1-3-22-18(13-16-7-5-4-6-8-16)20-21-19(22)23-14-17-11-9-15(2)10-12-17/h9-12,16H,3-8,13-14H2,1-2H3. The van der Waals surface area contributed by atoms with Crippen molar-refractivity contribution in [1.82, 2.24) is 14.8 Å². The van der Waals surface area contributed by atoms with Crippen LogP contribution in [0.2, 0.25) is 0 Å². The summed E-state index contributed by atoms with van der Waals surface area (Å²) in [6.45, 7) is 5.29. The first-order chi connectivity index (χ1) is 11.3. The van der Waals surface area contributed by atoms with Crippen LogP contribution in [0.5, 0.6) is 0 Å². The third-order valence-electron chi connectivity index (χ3n) is 4.79. The fraction of sp³-hybridized carbons (Fsp3) is 0.579. The average molecular weight is 330 g/mol. The molecule has 1 aromatic carbocycles. The largest absolute Gasteiger partial charge is 0.306 e. The number of nitrogens with zero attached hydrogens (tertiary/aromatic N) is 3. The van der Waals surface area contributed by atoms with Crippen LogP contribution in [0.25, 0.3) is 0 Å². The van der Waals surface area contributed by atoms with Crippen molar-refractivity contribution in [3.63, 3.8) is 0 Å². The molecule has 1 aliphatic rings. The minimum absolute atomic E-state index is 0.813. The van der Waals surface area contributed by atoms with Crippen molar-refractivity contribution in [3.8, 4) is 0 Å². The highest BCUT2D eigenvalue weighted by Gasteiger charge is 2.18. The highest BCUT2D eigenvalue weighted by Crippen LogP contribution is 2.28. The van der Waals surface area contributed by atoms with E-state index in [2.05, 4.69) is 52.9 Å². The number of aryl methyl sites for hydroxylation is 1. The van der Waals surface area contributed by atoms with E-state index in [0.717, 1.165) is 29.8 Å². The van der Waals surface area contributed by atoms with Crippen LogP contribution in [0.4, 0.5) is 0 Å². The van der Waals surface area contributed by atoms with Gasteiger partial charge < -0.3 is 4.57 Å². The molecular formula is C19H27N3S. The van der Waals surface area contributed by atoms with Gasteiger partial charge in [-0.3, -0.25) is 0 Å². The topological polar surface area (TPSA) is 30.7 Å². The van der Waals surface area contributed by atoms with Gasteiger partial charge in [-0.15, -0.1) is 10.2 Å². The van der Waals surface area contributed by atoms with Crippen LogP contribution >= 0.6 is 11.8 Å². The lowest BCUT2D eigenvalue weighted by Crippen LogP contribution is -2.13. The fourth-order valence-corrected chi connectivity index (χ4v) is 4.35. The molecule has 0 bridgehead atoms. The minimum atomic E-state index is 0.813. The van der Waals surface area contributed by atoms with E-state index in [9.17, 15) is 0 Å². The summed E-state index contributed by atoms with van der Waals surface area (Å²) in [7, 11) is 0. The van der Waals surface area contributed by atoms with Gasteiger partial charge in [-0.1, -0.05) is 73.7 Å². The molecule has 3 rings (SSSR count). The van der Waals surface area contributed by atoms with E-state index in [4.69, 9.17) is 0 Å². The molecule has 1 aromatic heterocycles. The lowest BCUT2D eigenvalue weighted by molar-refractivity contribution is 0.347. The Morgan fingerprint density at radius 1 is 1.09 bits per heavy atom. The number of benzene rings is 1. The molecule has 0 unspecified atom stereocenters. The van der Waals surface area contributed by atoms with E-state index in [1.807, 2.05) is 0 Å². The summed E-state index contributed by atoms with van der Waals surface area (Å²) in [5.41, 5.74) is 2.66. The molecule has 1 heterocycles. The van der Waals surface area contributed by atoms with Gasteiger partial charge in [0.25, 0.3) is 0 Å². The van der Waals surface area contributed by atoms with Crippen molar-refractivity contribution >= 4 is 11.8 Å². The normalized spacial score (nSPS) is 15.9. The van der Waals surface area contributed by atoms with Gasteiger partial charge in [-0.25, -0.2) is 0 Å². The quantitative estimate of drug-likeness (QED) is 0.697. The van der Waals surface area contributed by atoms with Gasteiger partial charge in [0, 0.05) is 18.7 Å². The van der Waals surface area contributed by atoms with Gasteiger partial charge in [-0.2, -0.15) is 0 Å².